The van der Waals surface area contributed by atoms with Gasteiger partial charge in [-0.3, -0.25) is 18.7 Å². The molecule has 3 heterocycles. The number of nitrogens with one attached hydrogen (secondary N) is 2. The first-order valence-corrected chi connectivity index (χ1v) is 28.5. The highest BCUT2D eigenvalue weighted by Gasteiger charge is 2.45. The SMILES string of the molecule is CC1(C)C2=[N+](CCCCCC(=O)NCC(CCCCCC(=O)O)CNCCCCCCC3(C)/C(=C/C=C/C=C/C=C/2)N(CCCS(=O)(=O)O)c2ccc(S(=O)(=O)O)cc23)c2ccc(S(=O)(=O)[O-])cc21. The van der Waals surface area contributed by atoms with Crippen molar-refractivity contribution in [2.24, 2.45) is 5.92 Å². The molecule has 3 aliphatic heterocycles. The van der Waals surface area contributed by atoms with E-state index >= 15 is 0 Å². The Hall–Kier alpha value is -4.50. The summed E-state index contributed by atoms with van der Waals surface area (Å²) in [7, 11) is -13.5. The topological polar surface area (TPSA) is 251 Å². The Morgan fingerprint density at radius 3 is 2.23 bits per heavy atom. The lowest BCUT2D eigenvalue weighted by atomic mass is 9.77. The molecule has 0 aromatic heterocycles. The number of hydrogen-bond donors (Lipinski definition) is 5. The van der Waals surface area contributed by atoms with Gasteiger partial charge in [0.2, 0.25) is 11.6 Å². The molecule has 0 aliphatic carbocycles. The zero-order chi connectivity index (χ0) is 50.5. The monoisotopic (exact) mass is 1010 g/mol. The summed E-state index contributed by atoms with van der Waals surface area (Å²) in [6, 6.07) is 8.89. The summed E-state index contributed by atoms with van der Waals surface area (Å²) < 4.78 is 106. The van der Waals surface area contributed by atoms with Gasteiger partial charge in [-0.05, 0) is 127 Å². The van der Waals surface area contributed by atoms with E-state index in [-0.39, 0.29) is 41.0 Å². The lowest BCUT2D eigenvalue weighted by Gasteiger charge is -2.30. The van der Waals surface area contributed by atoms with Gasteiger partial charge in [-0.15, -0.1) is 0 Å². The van der Waals surface area contributed by atoms with Crippen molar-refractivity contribution in [3.63, 3.8) is 0 Å². The molecule has 5 N–H and O–H groups in total. The Kier molecular flexibility index (Phi) is 19.7. The summed E-state index contributed by atoms with van der Waals surface area (Å²) in [6.07, 6.45) is 23.1. The van der Waals surface area contributed by atoms with Crippen molar-refractivity contribution in [3.05, 3.63) is 95.8 Å². The van der Waals surface area contributed by atoms with Gasteiger partial charge in [0, 0.05) is 66.9 Å². The molecule has 2 aromatic carbocycles. The molecule has 0 bridgehead atoms. The number of fused-ring (bicyclic) bond motifs is 5. The molecule has 5 rings (SSSR count). The van der Waals surface area contributed by atoms with E-state index in [0.717, 1.165) is 81.4 Å². The maximum Gasteiger partial charge on any atom is 0.303 e. The number of nitrogens with zero attached hydrogens (tertiary/aromatic N) is 2. The Balaban J connectivity index is 1.46. The van der Waals surface area contributed by atoms with Crippen LogP contribution in [-0.2, 0) is 50.8 Å². The number of allylic oxidation sites excluding steroid dienone is 8. The molecule has 1 amide bonds. The molecular weight excluding hydrogens is 945 g/mol. The predicted molar refractivity (Wildman–Crippen MR) is 266 cm³/mol. The standard InChI is InChI=1S/C50H70N4O12S3/c1-49(2)41-34-39(68(61,62)63)25-27-43(41)53-31-18-10-14-23-47(55)52-37-38(20-11-9-15-24-48(56)57)36-51-30-17-8-7-16-29-50(3)42-35-40(69(64,65)66)26-28-44(42)54(32-19-33-67(58,59)60)46(50)22-13-6-4-5-12-21-45(49)53/h4-6,12-13,21-22,25-28,34-35,38,51H,7-11,14-20,23-24,29-33,36-37H2,1-3H3,(H4-,52,55,56,57,58,59,60,61,62,63,64,65,66). The number of carboxylic acids is 1. The zero-order valence-electron chi connectivity index (χ0n) is 40.1. The summed E-state index contributed by atoms with van der Waals surface area (Å²) in [5.74, 6) is -1.15. The Morgan fingerprint density at radius 2 is 1.51 bits per heavy atom. The van der Waals surface area contributed by atoms with Crippen LogP contribution >= 0.6 is 0 Å². The molecule has 3 aliphatic rings. The van der Waals surface area contributed by atoms with E-state index in [4.69, 9.17) is 5.11 Å². The summed E-state index contributed by atoms with van der Waals surface area (Å²) in [5.41, 5.74) is 3.13. The number of amides is 1. The molecular formula is C50H70N4O12S3. The van der Waals surface area contributed by atoms with Gasteiger partial charge < -0.3 is 25.2 Å². The van der Waals surface area contributed by atoms with Crippen molar-refractivity contribution in [2.45, 2.75) is 138 Å². The van der Waals surface area contributed by atoms with Crippen molar-refractivity contribution >= 4 is 59.3 Å². The second-order valence-electron chi connectivity index (χ2n) is 19.1. The lowest BCUT2D eigenvalue weighted by molar-refractivity contribution is -0.438. The second-order valence-corrected chi connectivity index (χ2v) is 23.5. The maximum atomic E-state index is 13.1. The molecule has 0 saturated carbocycles. The summed E-state index contributed by atoms with van der Waals surface area (Å²) in [6.45, 7) is 8.72. The van der Waals surface area contributed by atoms with Crippen molar-refractivity contribution in [2.75, 3.05) is 43.4 Å². The number of anilines is 1. The van der Waals surface area contributed by atoms with Crippen molar-refractivity contribution < 1.29 is 58.2 Å². The average Bonchev–Trinajstić information content (AvgIpc) is 3.62. The quantitative estimate of drug-likeness (QED) is 0.0777. The highest BCUT2D eigenvalue weighted by Crippen LogP contribution is 2.51. The van der Waals surface area contributed by atoms with Gasteiger partial charge in [-0.1, -0.05) is 62.5 Å². The van der Waals surface area contributed by atoms with Gasteiger partial charge >= 0.3 is 5.97 Å². The van der Waals surface area contributed by atoms with Crippen LogP contribution in [0.25, 0.3) is 0 Å². The van der Waals surface area contributed by atoms with E-state index in [1.54, 1.807) is 12.1 Å². The normalized spacial score (nSPS) is 23.7. The fourth-order valence-corrected chi connectivity index (χ4v) is 11.3. The van der Waals surface area contributed by atoms with Crippen molar-refractivity contribution in [3.8, 4) is 0 Å². The minimum absolute atomic E-state index is 0.0268. The molecule has 0 fully saturated rings. The van der Waals surface area contributed by atoms with Gasteiger partial charge in [-0.2, -0.15) is 21.4 Å². The number of aliphatic carboxylic acids is 1. The van der Waals surface area contributed by atoms with E-state index < -0.39 is 52.9 Å². The van der Waals surface area contributed by atoms with E-state index in [1.807, 2.05) is 68.2 Å². The Bertz CT molecular complexity index is 2660. The first-order valence-electron chi connectivity index (χ1n) is 24.0. The highest BCUT2D eigenvalue weighted by molar-refractivity contribution is 7.86. The molecule has 2 aromatic rings. The predicted octanol–water partition coefficient (Wildman–Crippen LogP) is 7.70. The van der Waals surface area contributed by atoms with Crippen LogP contribution in [0.5, 0.6) is 0 Å². The molecule has 0 spiro atoms. The molecule has 19 heteroatoms. The van der Waals surface area contributed by atoms with E-state index in [2.05, 4.69) is 15.2 Å². The molecule has 69 heavy (non-hydrogen) atoms. The maximum absolute atomic E-state index is 13.1. The first-order chi connectivity index (χ1) is 32.5. The summed E-state index contributed by atoms with van der Waals surface area (Å²) in [4.78, 5) is 25.5. The summed E-state index contributed by atoms with van der Waals surface area (Å²) >= 11 is 0. The minimum atomic E-state index is -4.70. The smallest absolute Gasteiger partial charge is 0.303 e. The molecule has 2 atom stereocenters. The largest absolute Gasteiger partial charge is 0.744 e. The number of hydrogen-bond acceptors (Lipinski definition) is 11. The molecule has 380 valence electrons. The third-order valence-electron chi connectivity index (χ3n) is 13.5. The zero-order valence-corrected chi connectivity index (χ0v) is 42.5. The number of unbranched alkanes of at least 4 members (excludes halogenated alkanes) is 2. The van der Waals surface area contributed by atoms with Crippen LogP contribution in [0.15, 0.2) is 94.4 Å². The Labute approximate surface area is 409 Å². The van der Waals surface area contributed by atoms with Crippen LogP contribution < -0.4 is 15.5 Å². The van der Waals surface area contributed by atoms with Crippen LogP contribution in [0.1, 0.15) is 128 Å². The number of rotatable bonds is 12. The lowest BCUT2D eigenvalue weighted by Crippen LogP contribution is -2.34. The number of carbonyl (C=O) groups excluding carboxylic acids is 1. The molecule has 0 saturated heterocycles. The van der Waals surface area contributed by atoms with Gasteiger partial charge in [0.1, 0.15) is 16.7 Å². The third-order valence-corrected chi connectivity index (χ3v) is 16.0. The molecule has 16 nitrogen and oxygen atoms in total. The van der Waals surface area contributed by atoms with Gasteiger partial charge in [-0.25, -0.2) is 8.42 Å². The Morgan fingerprint density at radius 1 is 0.812 bits per heavy atom. The molecule has 2 unspecified atom stereocenters. The number of carbonyl (C=O) groups is 2. The molecule has 0 radical (unpaired) electrons. The fourth-order valence-electron chi connectivity index (χ4n) is 9.77. The van der Waals surface area contributed by atoms with E-state index in [9.17, 15) is 48.5 Å². The third kappa shape index (κ3) is 15.7. The van der Waals surface area contributed by atoms with Crippen molar-refractivity contribution in [1.29, 1.82) is 0 Å². The first kappa shape index (κ1) is 55.4. The average molecular weight is 1020 g/mol. The minimum Gasteiger partial charge on any atom is -0.744 e. The summed E-state index contributed by atoms with van der Waals surface area (Å²) in [5, 5.41) is 15.8. The van der Waals surface area contributed by atoms with E-state index in [1.165, 1.54) is 24.3 Å². The van der Waals surface area contributed by atoms with Gasteiger partial charge in [0.15, 0.2) is 5.71 Å². The van der Waals surface area contributed by atoms with Crippen molar-refractivity contribution in [1.82, 2.24) is 10.6 Å². The highest BCUT2D eigenvalue weighted by atomic mass is 32.2. The van der Waals surface area contributed by atoms with Gasteiger partial charge in [0.25, 0.3) is 20.2 Å². The van der Waals surface area contributed by atoms with Crippen LogP contribution in [-0.4, -0.2) is 105 Å². The number of benzene rings is 2. The van der Waals surface area contributed by atoms with Gasteiger partial charge in [0.05, 0.1) is 21.0 Å². The second kappa shape index (κ2) is 24.6. The van der Waals surface area contributed by atoms with Crippen LogP contribution in [0.4, 0.5) is 11.4 Å². The fraction of sp³-hybridized carbons (Fsp3) is 0.540. The number of carboxylic acid groups (broad SMARTS) is 1. The van der Waals surface area contributed by atoms with Crippen LogP contribution in [0, 0.1) is 5.92 Å². The van der Waals surface area contributed by atoms with Crippen LogP contribution in [0.3, 0.4) is 0 Å². The van der Waals surface area contributed by atoms with E-state index in [0.29, 0.717) is 62.1 Å². The van der Waals surface area contributed by atoms with Crippen LogP contribution in [0.2, 0.25) is 0 Å².